The van der Waals surface area contributed by atoms with E-state index >= 15 is 0 Å². The third kappa shape index (κ3) is 5.14. The van der Waals surface area contributed by atoms with E-state index in [1.165, 1.54) is 16.4 Å². The maximum atomic E-state index is 12.8. The van der Waals surface area contributed by atoms with Crippen LogP contribution in [-0.2, 0) is 10.0 Å². The van der Waals surface area contributed by atoms with Gasteiger partial charge in [-0.25, -0.2) is 8.42 Å². The maximum absolute atomic E-state index is 12.8. The van der Waals surface area contributed by atoms with Crippen molar-refractivity contribution in [1.29, 1.82) is 0 Å². The molecule has 0 unspecified atom stereocenters. The number of para-hydroxylation sites is 1. The number of rotatable bonds is 6. The highest BCUT2D eigenvalue weighted by atomic mass is 32.2. The van der Waals surface area contributed by atoms with Crippen molar-refractivity contribution in [1.82, 2.24) is 9.21 Å². The molecule has 1 amide bonds. The molecule has 0 atom stereocenters. The minimum atomic E-state index is -3.53. The normalized spacial score (nSPS) is 16.0. The molecule has 2 aromatic rings. The molecule has 0 aromatic heterocycles. The summed E-state index contributed by atoms with van der Waals surface area (Å²) in [7, 11) is -1.55. The summed E-state index contributed by atoms with van der Waals surface area (Å²) in [6.45, 7) is 6.17. The third-order valence-corrected chi connectivity index (χ3v) is 6.62. The number of hydrogen-bond donors (Lipinski definition) is 1. The van der Waals surface area contributed by atoms with Crippen LogP contribution < -0.4 is 10.1 Å². The Hall–Kier alpha value is -2.42. The number of carbonyl (C=O) groups excluding carboxylic acids is 1. The number of nitrogens with one attached hydrogen (secondary N) is 1. The Balaban J connectivity index is 1.72. The minimum Gasteiger partial charge on any atom is -0.490 e. The molecular weight excluding hydrogens is 390 g/mol. The van der Waals surface area contributed by atoms with Crippen LogP contribution in [0, 0.1) is 0 Å². The number of sulfonamides is 1. The number of benzene rings is 2. The van der Waals surface area contributed by atoms with Gasteiger partial charge in [0.25, 0.3) is 5.91 Å². The van der Waals surface area contributed by atoms with Crippen LogP contribution in [0.25, 0.3) is 0 Å². The van der Waals surface area contributed by atoms with E-state index in [4.69, 9.17) is 4.74 Å². The van der Waals surface area contributed by atoms with Gasteiger partial charge in [0, 0.05) is 31.9 Å². The van der Waals surface area contributed by atoms with E-state index in [9.17, 15) is 13.2 Å². The van der Waals surface area contributed by atoms with Crippen LogP contribution in [0.4, 0.5) is 5.69 Å². The van der Waals surface area contributed by atoms with Crippen LogP contribution in [0.1, 0.15) is 24.2 Å². The Labute approximate surface area is 172 Å². The predicted octanol–water partition coefficient (Wildman–Crippen LogP) is 2.66. The summed E-state index contributed by atoms with van der Waals surface area (Å²) in [6.07, 6.45) is -0.0528. The van der Waals surface area contributed by atoms with E-state index in [1.807, 2.05) is 27.0 Å². The molecule has 1 fully saturated rings. The fourth-order valence-electron chi connectivity index (χ4n) is 3.10. The summed E-state index contributed by atoms with van der Waals surface area (Å²) in [6, 6.07) is 13.3. The SMILES string of the molecule is CC(C)Oc1ccccc1C(=O)Nc1ccc(S(=O)(=O)N2CCN(C)CC2)cc1. The average molecular weight is 418 g/mol. The first-order chi connectivity index (χ1) is 13.8. The Morgan fingerprint density at radius 2 is 1.62 bits per heavy atom. The van der Waals surface area contributed by atoms with Crippen molar-refractivity contribution < 1.29 is 17.9 Å². The first kappa shape index (κ1) is 21.3. The van der Waals surface area contributed by atoms with Crippen LogP contribution in [0.15, 0.2) is 53.4 Å². The van der Waals surface area contributed by atoms with Gasteiger partial charge in [0.15, 0.2) is 0 Å². The van der Waals surface area contributed by atoms with Crippen molar-refractivity contribution in [3.63, 3.8) is 0 Å². The molecule has 7 nitrogen and oxygen atoms in total. The standard InChI is InChI=1S/C21H27N3O4S/c1-16(2)28-20-7-5-4-6-19(20)21(25)22-17-8-10-18(11-9-17)29(26,27)24-14-12-23(3)13-15-24/h4-11,16H,12-15H2,1-3H3,(H,22,25). The van der Waals surface area contributed by atoms with Crippen LogP contribution in [0.2, 0.25) is 0 Å². The monoisotopic (exact) mass is 417 g/mol. The van der Waals surface area contributed by atoms with E-state index in [0.717, 1.165) is 0 Å². The second-order valence-electron chi connectivity index (χ2n) is 7.35. The minimum absolute atomic E-state index is 0.0528. The van der Waals surface area contributed by atoms with E-state index in [0.29, 0.717) is 43.2 Å². The van der Waals surface area contributed by atoms with Crippen molar-refractivity contribution in [3.05, 3.63) is 54.1 Å². The molecule has 29 heavy (non-hydrogen) atoms. The van der Waals surface area contributed by atoms with E-state index in [-0.39, 0.29) is 16.9 Å². The molecule has 1 aliphatic heterocycles. The Morgan fingerprint density at radius 3 is 2.24 bits per heavy atom. The summed E-state index contributed by atoms with van der Waals surface area (Å²) < 4.78 is 32.8. The Bertz CT molecular complexity index is 950. The third-order valence-electron chi connectivity index (χ3n) is 4.71. The van der Waals surface area contributed by atoms with Crippen LogP contribution in [0.3, 0.4) is 0 Å². The van der Waals surface area contributed by atoms with Gasteiger partial charge in [-0.05, 0) is 57.3 Å². The van der Waals surface area contributed by atoms with Gasteiger partial charge in [0.2, 0.25) is 10.0 Å². The molecule has 1 saturated heterocycles. The molecule has 156 valence electrons. The van der Waals surface area contributed by atoms with Crippen molar-refractivity contribution in [2.75, 3.05) is 38.5 Å². The van der Waals surface area contributed by atoms with Crippen LogP contribution >= 0.6 is 0 Å². The van der Waals surface area contributed by atoms with E-state index < -0.39 is 10.0 Å². The van der Waals surface area contributed by atoms with Crippen molar-refractivity contribution in [2.45, 2.75) is 24.8 Å². The van der Waals surface area contributed by atoms with Crippen LogP contribution in [-0.4, -0.2) is 62.9 Å². The number of piperazine rings is 1. The van der Waals surface area contributed by atoms with Crippen molar-refractivity contribution >= 4 is 21.6 Å². The van der Waals surface area contributed by atoms with Gasteiger partial charge in [-0.2, -0.15) is 4.31 Å². The molecule has 1 aliphatic rings. The van der Waals surface area contributed by atoms with E-state index in [1.54, 1.807) is 30.3 Å². The molecule has 0 aliphatic carbocycles. The van der Waals surface area contributed by atoms with Gasteiger partial charge in [-0.1, -0.05) is 12.1 Å². The lowest BCUT2D eigenvalue weighted by Crippen LogP contribution is -2.46. The van der Waals surface area contributed by atoms with Crippen molar-refractivity contribution in [2.24, 2.45) is 0 Å². The largest absolute Gasteiger partial charge is 0.490 e. The summed E-state index contributed by atoms with van der Waals surface area (Å²) in [4.78, 5) is 15.0. The molecule has 3 rings (SSSR count). The Morgan fingerprint density at radius 1 is 1.00 bits per heavy atom. The number of hydrogen-bond acceptors (Lipinski definition) is 5. The second kappa shape index (κ2) is 8.94. The van der Waals surface area contributed by atoms with E-state index in [2.05, 4.69) is 10.2 Å². The number of likely N-dealkylation sites (N-methyl/N-ethyl adjacent to an activating group) is 1. The predicted molar refractivity (Wildman–Crippen MR) is 113 cm³/mol. The molecule has 2 aromatic carbocycles. The number of ether oxygens (including phenoxy) is 1. The quantitative estimate of drug-likeness (QED) is 0.782. The molecule has 8 heteroatoms. The highest BCUT2D eigenvalue weighted by molar-refractivity contribution is 7.89. The van der Waals surface area contributed by atoms with Crippen molar-refractivity contribution in [3.8, 4) is 5.75 Å². The topological polar surface area (TPSA) is 78.9 Å². The number of anilines is 1. The van der Waals surface area contributed by atoms with Gasteiger partial charge >= 0.3 is 0 Å². The lowest BCUT2D eigenvalue weighted by atomic mass is 10.1. The molecule has 1 heterocycles. The molecule has 0 bridgehead atoms. The van der Waals surface area contributed by atoms with Gasteiger partial charge in [-0.3, -0.25) is 4.79 Å². The number of nitrogens with zero attached hydrogens (tertiary/aromatic N) is 2. The van der Waals surface area contributed by atoms with Gasteiger partial charge < -0.3 is 15.0 Å². The molecule has 0 radical (unpaired) electrons. The number of amides is 1. The highest BCUT2D eigenvalue weighted by Gasteiger charge is 2.27. The summed E-state index contributed by atoms with van der Waals surface area (Å²) in [5.41, 5.74) is 0.946. The maximum Gasteiger partial charge on any atom is 0.259 e. The zero-order valence-corrected chi connectivity index (χ0v) is 17.8. The van der Waals surface area contributed by atoms with Gasteiger partial charge in [0.05, 0.1) is 16.6 Å². The summed E-state index contributed by atoms with van der Waals surface area (Å²) in [5, 5.41) is 2.80. The zero-order chi connectivity index (χ0) is 21.0. The highest BCUT2D eigenvalue weighted by Crippen LogP contribution is 2.23. The lowest BCUT2D eigenvalue weighted by molar-refractivity contribution is 0.102. The first-order valence-electron chi connectivity index (χ1n) is 9.63. The lowest BCUT2D eigenvalue weighted by Gasteiger charge is -2.31. The molecular formula is C21H27N3O4S. The molecule has 0 spiro atoms. The second-order valence-corrected chi connectivity index (χ2v) is 9.29. The summed E-state index contributed by atoms with van der Waals surface area (Å²) in [5.74, 6) is 0.199. The fraction of sp³-hybridized carbons (Fsp3) is 0.381. The first-order valence-corrected chi connectivity index (χ1v) is 11.1. The van der Waals surface area contributed by atoms with Crippen LogP contribution in [0.5, 0.6) is 5.75 Å². The summed E-state index contributed by atoms with van der Waals surface area (Å²) >= 11 is 0. The Kier molecular flexibility index (Phi) is 6.56. The smallest absolute Gasteiger partial charge is 0.259 e. The molecule has 1 N–H and O–H groups in total. The average Bonchev–Trinajstić information content (AvgIpc) is 2.68. The zero-order valence-electron chi connectivity index (χ0n) is 17.0. The molecule has 0 saturated carbocycles. The number of carbonyl (C=O) groups is 1. The fourth-order valence-corrected chi connectivity index (χ4v) is 4.52. The van der Waals surface area contributed by atoms with Gasteiger partial charge in [-0.15, -0.1) is 0 Å². The van der Waals surface area contributed by atoms with Gasteiger partial charge in [0.1, 0.15) is 5.75 Å².